The summed E-state index contributed by atoms with van der Waals surface area (Å²) in [6.45, 7) is 1.90. The van der Waals surface area contributed by atoms with E-state index in [0.29, 0.717) is 20.3 Å². The summed E-state index contributed by atoms with van der Waals surface area (Å²) >= 11 is 19.4. The number of esters is 2. The number of hydrogen-bond donors (Lipinski definition) is 3. The molecule has 53 heavy (non-hydrogen) atoms. The number of aryl methyl sites for hydroxylation is 1. The van der Waals surface area contributed by atoms with Crippen molar-refractivity contribution in [2.45, 2.75) is 45.3 Å². The Hall–Kier alpha value is -4.05. The van der Waals surface area contributed by atoms with E-state index in [0.717, 1.165) is 28.9 Å². The number of ether oxygens (including phenoxy) is 3. The fourth-order valence-electron chi connectivity index (χ4n) is 4.96. The standard InChI is InChI=1S/C36H31Br2Cl2F4N3O6/c1-18-4-20(7-23(5-18)45-2)16-51-33-26(37)9-19(10-27(33)38)11-30(41)35(50)53-32(49)15-31(48)47-25-13-28(39)34(29(40)14-25)52-17-21-6-22(36(42,43)44)12-24(8-21)46-3/h4-10,12-14,30,45-46H,11,15-17H2,1-3H3,(H,47,48). The lowest BCUT2D eigenvalue weighted by Crippen LogP contribution is -2.26. The molecule has 3 N–H and O–H groups in total. The smallest absolute Gasteiger partial charge is 0.416 e. The van der Waals surface area contributed by atoms with Gasteiger partial charge in [-0.25, -0.2) is 9.18 Å². The van der Waals surface area contributed by atoms with Crippen LogP contribution >= 0.6 is 55.1 Å². The predicted octanol–water partition coefficient (Wildman–Crippen LogP) is 10.1. The van der Waals surface area contributed by atoms with Gasteiger partial charge in [0, 0.05) is 37.6 Å². The van der Waals surface area contributed by atoms with Gasteiger partial charge in [-0.05, 0) is 116 Å². The van der Waals surface area contributed by atoms with Gasteiger partial charge >= 0.3 is 18.1 Å². The van der Waals surface area contributed by atoms with E-state index in [-0.39, 0.29) is 45.9 Å². The number of anilines is 3. The lowest BCUT2D eigenvalue weighted by Gasteiger charge is -2.15. The molecule has 0 bridgehead atoms. The van der Waals surface area contributed by atoms with Crippen molar-refractivity contribution in [1.82, 2.24) is 0 Å². The Balaban J connectivity index is 1.29. The highest BCUT2D eigenvalue weighted by atomic mass is 79.9. The number of nitrogens with one attached hydrogen (secondary N) is 3. The Morgan fingerprint density at radius 1 is 0.755 bits per heavy atom. The topological polar surface area (TPSA) is 115 Å². The summed E-state index contributed by atoms with van der Waals surface area (Å²) in [6.07, 6.45) is -8.20. The summed E-state index contributed by atoms with van der Waals surface area (Å²) < 4.78 is 71.8. The van der Waals surface area contributed by atoms with Gasteiger partial charge in [0.05, 0.1) is 24.6 Å². The molecule has 4 rings (SSSR count). The van der Waals surface area contributed by atoms with Crippen LogP contribution in [-0.2, 0) is 44.9 Å². The second kappa shape index (κ2) is 18.3. The Labute approximate surface area is 328 Å². The monoisotopic (exact) mass is 905 g/mol. The average Bonchev–Trinajstić information content (AvgIpc) is 3.06. The molecule has 4 aromatic rings. The number of hydrogen-bond acceptors (Lipinski definition) is 8. The highest BCUT2D eigenvalue weighted by Crippen LogP contribution is 2.38. The fourth-order valence-corrected chi connectivity index (χ4v) is 7.07. The van der Waals surface area contributed by atoms with Crippen LogP contribution in [0.4, 0.5) is 34.6 Å². The van der Waals surface area contributed by atoms with E-state index in [1.165, 1.54) is 25.2 Å². The van der Waals surface area contributed by atoms with E-state index in [4.69, 9.17) is 32.7 Å². The number of amides is 1. The first-order chi connectivity index (χ1) is 24.9. The van der Waals surface area contributed by atoms with Crippen molar-refractivity contribution in [1.29, 1.82) is 0 Å². The molecule has 0 aliphatic heterocycles. The highest BCUT2D eigenvalue weighted by molar-refractivity contribution is 9.11. The minimum atomic E-state index is -4.58. The van der Waals surface area contributed by atoms with Crippen LogP contribution in [0.1, 0.15) is 34.2 Å². The third-order valence-electron chi connectivity index (χ3n) is 7.33. The molecule has 282 valence electrons. The second-order valence-corrected chi connectivity index (χ2v) is 14.1. The van der Waals surface area contributed by atoms with Gasteiger partial charge in [0.1, 0.15) is 25.4 Å². The van der Waals surface area contributed by atoms with Crippen LogP contribution in [0.5, 0.6) is 11.5 Å². The van der Waals surface area contributed by atoms with E-state index in [2.05, 4.69) is 52.5 Å². The number of alkyl halides is 4. The molecule has 1 atom stereocenters. The number of carbonyl (C=O) groups excluding carboxylic acids is 3. The van der Waals surface area contributed by atoms with Crippen LogP contribution in [0.15, 0.2) is 69.6 Å². The van der Waals surface area contributed by atoms with Gasteiger partial charge in [0.25, 0.3) is 0 Å². The van der Waals surface area contributed by atoms with Crippen LogP contribution in [0, 0.1) is 6.92 Å². The summed E-state index contributed by atoms with van der Waals surface area (Å²) in [5.41, 5.74) is 2.85. The Kier molecular flexibility index (Phi) is 14.4. The molecule has 0 heterocycles. The number of halogens is 8. The van der Waals surface area contributed by atoms with Crippen LogP contribution in [-0.4, -0.2) is 38.1 Å². The largest absolute Gasteiger partial charge is 0.487 e. The molecule has 0 aromatic heterocycles. The molecular formula is C36H31Br2Cl2F4N3O6. The van der Waals surface area contributed by atoms with Crippen LogP contribution in [0.3, 0.4) is 0 Å². The molecular weight excluding hydrogens is 877 g/mol. The molecule has 0 aliphatic carbocycles. The minimum Gasteiger partial charge on any atom is -0.487 e. The van der Waals surface area contributed by atoms with E-state index < -0.39 is 48.6 Å². The quantitative estimate of drug-likeness (QED) is 0.0651. The van der Waals surface area contributed by atoms with Gasteiger partial charge in [-0.1, -0.05) is 29.3 Å². The van der Waals surface area contributed by atoms with E-state index >= 15 is 0 Å². The lowest BCUT2D eigenvalue weighted by atomic mass is 10.1. The van der Waals surface area contributed by atoms with Crippen molar-refractivity contribution in [3.8, 4) is 11.5 Å². The molecule has 0 fully saturated rings. The summed E-state index contributed by atoms with van der Waals surface area (Å²) in [5.74, 6) is -3.33. The lowest BCUT2D eigenvalue weighted by molar-refractivity contribution is -0.163. The Bertz CT molecular complexity index is 1970. The van der Waals surface area contributed by atoms with Gasteiger partial charge < -0.3 is 30.2 Å². The van der Waals surface area contributed by atoms with Crippen molar-refractivity contribution < 1.29 is 46.2 Å². The van der Waals surface area contributed by atoms with Crippen LogP contribution in [0.25, 0.3) is 0 Å². The molecule has 0 saturated heterocycles. The maximum atomic E-state index is 14.9. The van der Waals surface area contributed by atoms with Gasteiger partial charge in [-0.3, -0.25) is 9.59 Å². The molecule has 1 amide bonds. The zero-order valence-electron chi connectivity index (χ0n) is 28.2. The highest BCUT2D eigenvalue weighted by Gasteiger charge is 2.31. The van der Waals surface area contributed by atoms with Gasteiger partial charge in [0.2, 0.25) is 12.1 Å². The number of rotatable bonds is 14. The van der Waals surface area contributed by atoms with E-state index in [9.17, 15) is 31.9 Å². The van der Waals surface area contributed by atoms with Crippen molar-refractivity contribution in [3.63, 3.8) is 0 Å². The van der Waals surface area contributed by atoms with Crippen LogP contribution in [0.2, 0.25) is 10.0 Å². The minimum absolute atomic E-state index is 0.0292. The first kappa shape index (κ1) is 41.7. The average molecular weight is 908 g/mol. The molecule has 17 heteroatoms. The number of carbonyl (C=O) groups is 3. The third kappa shape index (κ3) is 12.0. The zero-order chi connectivity index (χ0) is 39.0. The zero-order valence-corrected chi connectivity index (χ0v) is 32.8. The normalized spacial score (nSPS) is 11.8. The summed E-state index contributed by atoms with van der Waals surface area (Å²) in [7, 11) is 3.29. The third-order valence-corrected chi connectivity index (χ3v) is 9.07. The first-order valence-electron chi connectivity index (χ1n) is 15.5. The van der Waals surface area contributed by atoms with E-state index in [1.807, 2.05) is 32.2 Å². The van der Waals surface area contributed by atoms with Crippen molar-refractivity contribution in [2.24, 2.45) is 0 Å². The molecule has 1 unspecified atom stereocenters. The molecule has 0 spiro atoms. The summed E-state index contributed by atoms with van der Waals surface area (Å²) in [6, 6.07) is 14.9. The second-order valence-electron chi connectivity index (χ2n) is 11.5. The molecule has 0 saturated carbocycles. The van der Waals surface area contributed by atoms with Crippen molar-refractivity contribution in [2.75, 3.05) is 30.0 Å². The molecule has 9 nitrogen and oxygen atoms in total. The summed E-state index contributed by atoms with van der Waals surface area (Å²) in [4.78, 5) is 37.2. The predicted molar refractivity (Wildman–Crippen MR) is 202 cm³/mol. The van der Waals surface area contributed by atoms with Crippen molar-refractivity contribution in [3.05, 3.63) is 107 Å². The first-order valence-corrected chi connectivity index (χ1v) is 17.9. The maximum absolute atomic E-state index is 14.9. The molecule has 0 radical (unpaired) electrons. The maximum Gasteiger partial charge on any atom is 0.416 e. The summed E-state index contributed by atoms with van der Waals surface area (Å²) in [5, 5.41) is 7.90. The van der Waals surface area contributed by atoms with Gasteiger partial charge in [-0.2, -0.15) is 13.2 Å². The number of benzene rings is 4. The van der Waals surface area contributed by atoms with Crippen molar-refractivity contribution >= 4 is 90.0 Å². The van der Waals surface area contributed by atoms with Crippen LogP contribution < -0.4 is 25.4 Å². The molecule has 4 aromatic carbocycles. The Morgan fingerprint density at radius 2 is 1.30 bits per heavy atom. The van der Waals surface area contributed by atoms with Gasteiger partial charge in [0.15, 0.2) is 5.75 Å². The SMILES string of the molecule is CNc1cc(C)cc(COc2c(Br)cc(CC(F)C(=O)OC(=O)CC(=O)Nc3cc(Cl)c(OCc4cc(NC)cc(C(F)(F)F)c4)c(Cl)c3)cc2Br)c1. The molecule has 0 aliphatic rings. The van der Waals surface area contributed by atoms with Gasteiger partial charge in [-0.15, -0.1) is 0 Å². The fraction of sp³-hybridized carbons (Fsp3) is 0.250. The van der Waals surface area contributed by atoms with E-state index in [1.54, 1.807) is 12.1 Å². The Morgan fingerprint density at radius 3 is 1.87 bits per heavy atom.